The Kier molecular flexibility index (Phi) is 4.66. The second-order valence-electron chi connectivity index (χ2n) is 4.97. The summed E-state index contributed by atoms with van der Waals surface area (Å²) in [5, 5.41) is 12.1. The molecule has 0 aliphatic heterocycles. The normalized spacial score (nSPS) is 11.2. The molecule has 102 valence electrons. The first-order chi connectivity index (χ1) is 8.95. The van der Waals surface area contributed by atoms with Crippen molar-refractivity contribution < 1.29 is 5.11 Å². The highest BCUT2D eigenvalue weighted by atomic mass is 79.9. The highest BCUT2D eigenvalue weighted by molar-refractivity contribution is 9.10. The molecule has 0 bridgehead atoms. The third-order valence-electron chi connectivity index (χ3n) is 3.18. The maximum Gasteiger partial charge on any atom is 0.120 e. The molecule has 2 nitrogen and oxygen atoms in total. The second kappa shape index (κ2) is 6.07. The zero-order valence-electron chi connectivity index (χ0n) is 11.4. The number of hydrogen-bond acceptors (Lipinski definition) is 3. The van der Waals surface area contributed by atoms with Gasteiger partial charge in [0.25, 0.3) is 0 Å². The number of nitrogens with zero attached hydrogens (tertiary/aromatic N) is 1. The van der Waals surface area contributed by atoms with Crippen molar-refractivity contribution in [2.75, 3.05) is 7.05 Å². The minimum Gasteiger partial charge on any atom is -0.508 e. The third kappa shape index (κ3) is 3.81. The van der Waals surface area contributed by atoms with Crippen molar-refractivity contribution in [1.82, 2.24) is 4.90 Å². The van der Waals surface area contributed by atoms with Crippen molar-refractivity contribution in [2.45, 2.75) is 26.9 Å². The first kappa shape index (κ1) is 14.6. The minimum absolute atomic E-state index is 0.391. The molecule has 1 aromatic carbocycles. The molecule has 0 amide bonds. The number of hydrogen-bond donors (Lipinski definition) is 1. The van der Waals surface area contributed by atoms with Crippen molar-refractivity contribution in [2.24, 2.45) is 0 Å². The molecule has 0 spiro atoms. The topological polar surface area (TPSA) is 23.5 Å². The van der Waals surface area contributed by atoms with Gasteiger partial charge in [-0.3, -0.25) is 4.90 Å². The van der Waals surface area contributed by atoms with E-state index in [0.29, 0.717) is 5.75 Å². The molecule has 0 unspecified atom stereocenters. The Morgan fingerprint density at radius 2 is 1.84 bits per heavy atom. The second-order valence-corrected chi connectivity index (χ2v) is 6.88. The van der Waals surface area contributed by atoms with Gasteiger partial charge in [0.1, 0.15) is 5.75 Å². The molecule has 1 N–H and O–H groups in total. The molecule has 0 fully saturated rings. The molecule has 0 atom stereocenters. The molecule has 0 aliphatic carbocycles. The Labute approximate surface area is 126 Å². The van der Waals surface area contributed by atoms with Crippen LogP contribution in [0.25, 0.3) is 0 Å². The largest absolute Gasteiger partial charge is 0.508 e. The molecule has 0 aliphatic rings. The van der Waals surface area contributed by atoms with Crippen LogP contribution in [0.1, 0.15) is 21.6 Å². The van der Waals surface area contributed by atoms with Gasteiger partial charge in [0.05, 0.1) is 0 Å². The number of phenols is 1. The lowest BCUT2D eigenvalue weighted by molar-refractivity contribution is 0.315. The van der Waals surface area contributed by atoms with E-state index in [1.165, 1.54) is 10.4 Å². The van der Waals surface area contributed by atoms with Crippen molar-refractivity contribution >= 4 is 27.3 Å². The molecule has 0 saturated heterocycles. The lowest BCUT2D eigenvalue weighted by atomic mass is 10.0. The third-order valence-corrected chi connectivity index (χ3v) is 4.87. The Morgan fingerprint density at radius 3 is 2.47 bits per heavy atom. The zero-order chi connectivity index (χ0) is 14.0. The van der Waals surface area contributed by atoms with Gasteiger partial charge in [0.15, 0.2) is 0 Å². The number of halogens is 1. The van der Waals surface area contributed by atoms with Gasteiger partial charge in [0, 0.05) is 33.4 Å². The zero-order valence-corrected chi connectivity index (χ0v) is 13.8. The van der Waals surface area contributed by atoms with E-state index in [0.717, 1.165) is 28.7 Å². The van der Waals surface area contributed by atoms with Gasteiger partial charge < -0.3 is 5.11 Å². The van der Waals surface area contributed by atoms with Crippen molar-refractivity contribution in [3.8, 4) is 5.75 Å². The standard InChI is InChI=1S/C15H18BrNOS/c1-10-4-12(15(18)5-11(10)2)7-17(3)8-14-6-13(16)9-19-14/h4-6,9,18H,7-8H2,1-3H3. The van der Waals surface area contributed by atoms with E-state index in [1.54, 1.807) is 11.3 Å². The van der Waals surface area contributed by atoms with Crippen molar-refractivity contribution in [3.05, 3.63) is 49.6 Å². The Balaban J connectivity index is 2.06. The van der Waals surface area contributed by atoms with Crippen LogP contribution in [-0.4, -0.2) is 17.1 Å². The van der Waals surface area contributed by atoms with Crippen LogP contribution >= 0.6 is 27.3 Å². The number of rotatable bonds is 4. The number of aryl methyl sites for hydroxylation is 2. The molecule has 0 saturated carbocycles. The predicted octanol–water partition coefficient (Wildman–Crippen LogP) is 4.47. The molecule has 1 heterocycles. The van der Waals surface area contributed by atoms with Gasteiger partial charge in [-0.15, -0.1) is 11.3 Å². The molecule has 2 aromatic rings. The monoisotopic (exact) mass is 339 g/mol. The molecule has 0 radical (unpaired) electrons. The summed E-state index contributed by atoms with van der Waals surface area (Å²) in [5.74, 6) is 0.391. The SMILES string of the molecule is Cc1cc(O)c(CN(C)Cc2cc(Br)cs2)cc1C. The van der Waals surface area contributed by atoms with Gasteiger partial charge in [-0.05, 0) is 60.1 Å². The minimum atomic E-state index is 0.391. The molecular formula is C15H18BrNOS. The summed E-state index contributed by atoms with van der Waals surface area (Å²) in [6.45, 7) is 5.74. The van der Waals surface area contributed by atoms with Crippen LogP contribution in [0.5, 0.6) is 5.75 Å². The van der Waals surface area contributed by atoms with Crippen LogP contribution in [0.15, 0.2) is 28.1 Å². The van der Waals surface area contributed by atoms with Crippen LogP contribution in [0, 0.1) is 13.8 Å². The molecule has 2 rings (SSSR count). The van der Waals surface area contributed by atoms with E-state index < -0.39 is 0 Å². The molecule has 19 heavy (non-hydrogen) atoms. The van der Waals surface area contributed by atoms with E-state index in [2.05, 4.69) is 52.3 Å². The van der Waals surface area contributed by atoms with E-state index in [-0.39, 0.29) is 0 Å². The van der Waals surface area contributed by atoms with Gasteiger partial charge in [-0.25, -0.2) is 0 Å². The number of benzene rings is 1. The summed E-state index contributed by atoms with van der Waals surface area (Å²) in [5.41, 5.74) is 3.34. The highest BCUT2D eigenvalue weighted by Crippen LogP contribution is 2.25. The van der Waals surface area contributed by atoms with Gasteiger partial charge >= 0.3 is 0 Å². The Morgan fingerprint density at radius 1 is 1.16 bits per heavy atom. The van der Waals surface area contributed by atoms with E-state index in [4.69, 9.17) is 0 Å². The first-order valence-corrected chi connectivity index (χ1v) is 7.83. The van der Waals surface area contributed by atoms with E-state index in [1.807, 2.05) is 13.0 Å². The maximum absolute atomic E-state index is 10.0. The lowest BCUT2D eigenvalue weighted by Crippen LogP contribution is -2.16. The van der Waals surface area contributed by atoms with Crippen LogP contribution in [0.4, 0.5) is 0 Å². The molecular weight excluding hydrogens is 322 g/mol. The summed E-state index contributed by atoms with van der Waals surface area (Å²) in [6.07, 6.45) is 0. The quantitative estimate of drug-likeness (QED) is 0.888. The number of thiophene rings is 1. The van der Waals surface area contributed by atoms with Crippen LogP contribution in [0.3, 0.4) is 0 Å². The maximum atomic E-state index is 10.0. The summed E-state index contributed by atoms with van der Waals surface area (Å²) >= 11 is 5.22. The lowest BCUT2D eigenvalue weighted by Gasteiger charge is -2.17. The fraction of sp³-hybridized carbons (Fsp3) is 0.333. The summed E-state index contributed by atoms with van der Waals surface area (Å²) < 4.78 is 1.13. The van der Waals surface area contributed by atoms with Gasteiger partial charge in [-0.1, -0.05) is 6.07 Å². The Bertz CT molecular complexity index is 580. The fourth-order valence-electron chi connectivity index (χ4n) is 2.04. The average molecular weight is 340 g/mol. The predicted molar refractivity (Wildman–Crippen MR) is 84.8 cm³/mol. The smallest absolute Gasteiger partial charge is 0.120 e. The van der Waals surface area contributed by atoms with Crippen molar-refractivity contribution in [3.63, 3.8) is 0 Å². The van der Waals surface area contributed by atoms with Gasteiger partial charge in [-0.2, -0.15) is 0 Å². The molecule has 4 heteroatoms. The summed E-state index contributed by atoms with van der Waals surface area (Å²) in [6, 6.07) is 6.06. The van der Waals surface area contributed by atoms with Crippen LogP contribution < -0.4 is 0 Å². The summed E-state index contributed by atoms with van der Waals surface area (Å²) in [7, 11) is 2.07. The fourth-order valence-corrected chi connectivity index (χ4v) is 3.57. The highest BCUT2D eigenvalue weighted by Gasteiger charge is 2.09. The van der Waals surface area contributed by atoms with Gasteiger partial charge in [0.2, 0.25) is 0 Å². The van der Waals surface area contributed by atoms with E-state index >= 15 is 0 Å². The first-order valence-electron chi connectivity index (χ1n) is 6.16. The van der Waals surface area contributed by atoms with Crippen LogP contribution in [0.2, 0.25) is 0 Å². The summed E-state index contributed by atoms with van der Waals surface area (Å²) in [4.78, 5) is 3.53. The van der Waals surface area contributed by atoms with Crippen LogP contribution in [-0.2, 0) is 13.1 Å². The number of phenolic OH excluding ortho intramolecular Hbond substituents is 1. The van der Waals surface area contributed by atoms with Crippen molar-refractivity contribution in [1.29, 1.82) is 0 Å². The van der Waals surface area contributed by atoms with E-state index in [9.17, 15) is 5.11 Å². The average Bonchev–Trinajstić information content (AvgIpc) is 2.71. The Hall–Kier alpha value is -0.840. The molecule has 1 aromatic heterocycles. The number of aromatic hydroxyl groups is 1.